The molecule has 0 atom stereocenters. The molecule has 0 aliphatic heterocycles. The van der Waals surface area contributed by atoms with Gasteiger partial charge in [-0.25, -0.2) is 0 Å². The van der Waals surface area contributed by atoms with Crippen molar-refractivity contribution in [3.05, 3.63) is 24.0 Å². The Morgan fingerprint density at radius 2 is 2.58 bits per heavy atom. The van der Waals surface area contributed by atoms with Gasteiger partial charge in [-0.1, -0.05) is 6.92 Å². The molecule has 3 nitrogen and oxygen atoms in total. The van der Waals surface area contributed by atoms with E-state index in [4.69, 9.17) is 5.26 Å². The van der Waals surface area contributed by atoms with Crippen LogP contribution in [0.4, 0.5) is 0 Å². The molecule has 0 unspecified atom stereocenters. The van der Waals surface area contributed by atoms with Gasteiger partial charge in [0.25, 0.3) is 0 Å². The summed E-state index contributed by atoms with van der Waals surface area (Å²) in [5.74, 6) is 0. The average molecular weight is 161 g/mol. The number of nitriles is 1. The fraction of sp³-hybridized carbons (Fsp3) is 0.333. The molecule has 0 aliphatic carbocycles. The van der Waals surface area contributed by atoms with E-state index in [1.165, 1.54) is 6.08 Å². The lowest BCUT2D eigenvalue weighted by molar-refractivity contribution is 0.602. The van der Waals surface area contributed by atoms with Crippen molar-refractivity contribution in [3.8, 4) is 6.07 Å². The van der Waals surface area contributed by atoms with Crippen LogP contribution in [0.1, 0.15) is 18.9 Å². The molecule has 0 amide bonds. The van der Waals surface area contributed by atoms with Crippen LogP contribution in [0.5, 0.6) is 0 Å². The minimum absolute atomic E-state index is 0.931. The van der Waals surface area contributed by atoms with E-state index in [9.17, 15) is 0 Å². The summed E-state index contributed by atoms with van der Waals surface area (Å²) in [5.41, 5.74) is 0.977. The third-order valence-corrected chi connectivity index (χ3v) is 1.46. The van der Waals surface area contributed by atoms with Crippen molar-refractivity contribution >= 4 is 6.08 Å². The zero-order valence-electron chi connectivity index (χ0n) is 7.07. The maximum absolute atomic E-state index is 8.27. The molecule has 0 aromatic carbocycles. The Hall–Kier alpha value is -1.56. The summed E-state index contributed by atoms with van der Waals surface area (Å²) in [6.45, 7) is 3.03. The molecule has 12 heavy (non-hydrogen) atoms. The van der Waals surface area contributed by atoms with Gasteiger partial charge in [-0.15, -0.1) is 0 Å². The quantitative estimate of drug-likeness (QED) is 0.634. The van der Waals surface area contributed by atoms with Crippen molar-refractivity contribution in [1.29, 1.82) is 5.26 Å². The van der Waals surface area contributed by atoms with Gasteiger partial charge in [0.1, 0.15) is 0 Å². The number of rotatable bonds is 3. The Bertz CT molecular complexity index is 304. The lowest BCUT2D eigenvalue weighted by Gasteiger charge is -1.93. The molecule has 1 aromatic rings. The van der Waals surface area contributed by atoms with Gasteiger partial charge in [0.2, 0.25) is 0 Å². The van der Waals surface area contributed by atoms with Crippen LogP contribution in [0.2, 0.25) is 0 Å². The molecule has 1 rings (SSSR count). The molecule has 1 heterocycles. The highest BCUT2D eigenvalue weighted by atomic mass is 15.3. The third kappa shape index (κ3) is 2.24. The number of aryl methyl sites for hydroxylation is 1. The maximum Gasteiger partial charge on any atom is 0.0912 e. The number of hydrogen-bond acceptors (Lipinski definition) is 2. The minimum atomic E-state index is 0.931. The van der Waals surface area contributed by atoms with Gasteiger partial charge in [-0.05, 0) is 12.5 Å². The first kappa shape index (κ1) is 8.54. The number of aromatic nitrogens is 2. The minimum Gasteiger partial charge on any atom is -0.272 e. The van der Waals surface area contributed by atoms with Gasteiger partial charge < -0.3 is 0 Å². The highest BCUT2D eigenvalue weighted by molar-refractivity contribution is 5.49. The molecule has 62 valence electrons. The molecular formula is C9H11N3. The van der Waals surface area contributed by atoms with Crippen LogP contribution in [0.15, 0.2) is 18.5 Å². The summed E-state index contributed by atoms with van der Waals surface area (Å²) in [6.07, 6.45) is 7.95. The molecule has 0 saturated heterocycles. The Balaban J connectivity index is 2.65. The first-order chi connectivity index (χ1) is 5.86. The van der Waals surface area contributed by atoms with Crippen LogP contribution in [-0.4, -0.2) is 9.78 Å². The van der Waals surface area contributed by atoms with E-state index in [-0.39, 0.29) is 0 Å². The van der Waals surface area contributed by atoms with Crippen LogP contribution >= 0.6 is 0 Å². The molecule has 0 aliphatic rings. The second kappa shape index (κ2) is 4.35. The second-order valence-corrected chi connectivity index (χ2v) is 2.50. The predicted molar refractivity (Wildman–Crippen MR) is 47.2 cm³/mol. The molecule has 0 N–H and O–H groups in total. The lowest BCUT2D eigenvalue weighted by Crippen LogP contribution is -1.95. The highest BCUT2D eigenvalue weighted by Gasteiger charge is 1.92. The molecule has 0 radical (unpaired) electrons. The van der Waals surface area contributed by atoms with Crippen LogP contribution in [0.25, 0.3) is 6.08 Å². The fourth-order valence-corrected chi connectivity index (χ4v) is 0.951. The Kier molecular flexibility index (Phi) is 3.09. The Labute approximate surface area is 71.9 Å². The Morgan fingerprint density at radius 3 is 3.25 bits per heavy atom. The van der Waals surface area contributed by atoms with Gasteiger partial charge in [-0.2, -0.15) is 10.4 Å². The molecular weight excluding hydrogens is 150 g/mol. The smallest absolute Gasteiger partial charge is 0.0912 e. The molecule has 0 spiro atoms. The standard InChI is InChI=1S/C9H11N3/c1-2-6-12-8-9(7-11-12)4-3-5-10/h3-4,7-8H,2,6H2,1H3. The van der Waals surface area contributed by atoms with E-state index in [1.807, 2.05) is 16.9 Å². The van der Waals surface area contributed by atoms with E-state index in [0.29, 0.717) is 0 Å². The number of allylic oxidation sites excluding steroid dienone is 1. The number of hydrogen-bond donors (Lipinski definition) is 0. The van der Waals surface area contributed by atoms with Crippen LogP contribution in [0.3, 0.4) is 0 Å². The van der Waals surface area contributed by atoms with E-state index in [0.717, 1.165) is 18.5 Å². The van der Waals surface area contributed by atoms with Gasteiger partial charge >= 0.3 is 0 Å². The van der Waals surface area contributed by atoms with Gasteiger partial charge in [0, 0.05) is 24.4 Å². The lowest BCUT2D eigenvalue weighted by atomic mass is 10.3. The van der Waals surface area contributed by atoms with Gasteiger partial charge in [0.05, 0.1) is 12.3 Å². The van der Waals surface area contributed by atoms with Crippen molar-refractivity contribution in [2.75, 3.05) is 0 Å². The second-order valence-electron chi connectivity index (χ2n) is 2.50. The highest BCUT2D eigenvalue weighted by Crippen LogP contribution is 2.00. The maximum atomic E-state index is 8.27. The predicted octanol–water partition coefficient (Wildman–Crippen LogP) is 1.83. The summed E-state index contributed by atoms with van der Waals surface area (Å²) < 4.78 is 1.87. The average Bonchev–Trinajstić information content (AvgIpc) is 2.50. The normalized spacial score (nSPS) is 10.3. The SMILES string of the molecule is CCCn1cc(C=CC#N)cn1. The summed E-state index contributed by atoms with van der Waals surface area (Å²) in [6, 6.07) is 1.94. The molecule has 0 bridgehead atoms. The Morgan fingerprint density at radius 1 is 1.75 bits per heavy atom. The molecule has 1 aromatic heterocycles. The molecule has 0 saturated carbocycles. The summed E-state index contributed by atoms with van der Waals surface area (Å²) in [4.78, 5) is 0. The van der Waals surface area contributed by atoms with Crippen LogP contribution in [-0.2, 0) is 6.54 Å². The van der Waals surface area contributed by atoms with Crippen molar-refractivity contribution in [2.24, 2.45) is 0 Å². The summed E-state index contributed by atoms with van der Waals surface area (Å²) >= 11 is 0. The van der Waals surface area contributed by atoms with Crippen molar-refractivity contribution < 1.29 is 0 Å². The van der Waals surface area contributed by atoms with E-state index in [2.05, 4.69) is 12.0 Å². The largest absolute Gasteiger partial charge is 0.272 e. The van der Waals surface area contributed by atoms with Crippen molar-refractivity contribution in [3.63, 3.8) is 0 Å². The van der Waals surface area contributed by atoms with Crippen LogP contribution in [0, 0.1) is 11.3 Å². The molecule has 3 heteroatoms. The van der Waals surface area contributed by atoms with Crippen molar-refractivity contribution in [1.82, 2.24) is 9.78 Å². The molecule has 0 fully saturated rings. The van der Waals surface area contributed by atoms with Crippen molar-refractivity contribution in [2.45, 2.75) is 19.9 Å². The van der Waals surface area contributed by atoms with Crippen LogP contribution < -0.4 is 0 Å². The topological polar surface area (TPSA) is 41.6 Å². The van der Waals surface area contributed by atoms with E-state index in [1.54, 1.807) is 12.3 Å². The third-order valence-electron chi connectivity index (χ3n) is 1.46. The monoisotopic (exact) mass is 161 g/mol. The zero-order chi connectivity index (χ0) is 8.81. The number of nitrogens with zero attached hydrogens (tertiary/aromatic N) is 3. The fourth-order valence-electron chi connectivity index (χ4n) is 0.951. The summed E-state index contributed by atoms with van der Waals surface area (Å²) in [5, 5.41) is 12.4. The first-order valence-corrected chi connectivity index (χ1v) is 3.95. The van der Waals surface area contributed by atoms with Gasteiger partial charge in [-0.3, -0.25) is 4.68 Å². The first-order valence-electron chi connectivity index (χ1n) is 3.95. The van der Waals surface area contributed by atoms with E-state index < -0.39 is 0 Å². The zero-order valence-corrected chi connectivity index (χ0v) is 7.07. The summed E-state index contributed by atoms with van der Waals surface area (Å²) in [7, 11) is 0. The van der Waals surface area contributed by atoms with E-state index >= 15 is 0 Å². The van der Waals surface area contributed by atoms with Gasteiger partial charge in [0.15, 0.2) is 0 Å².